The molecule has 0 radical (unpaired) electrons. The number of nitrogens with zero attached hydrogens (tertiary/aromatic N) is 1. The molecule has 0 spiro atoms. The van der Waals surface area contributed by atoms with E-state index in [1.165, 1.54) is 43.2 Å². The highest BCUT2D eigenvalue weighted by Crippen LogP contribution is 2.25. The normalized spacial score (nSPS) is 13.6. The van der Waals surface area contributed by atoms with Gasteiger partial charge < -0.3 is 10.6 Å². The molecule has 0 aliphatic carbocycles. The summed E-state index contributed by atoms with van der Waals surface area (Å²) in [4.78, 5) is 14.1. The van der Waals surface area contributed by atoms with E-state index in [0.29, 0.717) is 6.42 Å². The number of rotatable bonds is 7. The predicted octanol–water partition coefficient (Wildman–Crippen LogP) is 3.86. The van der Waals surface area contributed by atoms with Gasteiger partial charge in [-0.05, 0) is 29.7 Å². The number of carbonyl (C=O) groups excluding carboxylic acids is 1. The molecule has 3 heteroatoms. The van der Waals surface area contributed by atoms with Crippen molar-refractivity contribution >= 4 is 11.6 Å². The van der Waals surface area contributed by atoms with Crippen LogP contribution in [0.4, 0.5) is 5.69 Å². The molecule has 2 rings (SSSR count). The van der Waals surface area contributed by atoms with Crippen molar-refractivity contribution in [3.05, 3.63) is 29.3 Å². The summed E-state index contributed by atoms with van der Waals surface area (Å²) in [6.45, 7) is 3.71. The molecule has 2 N–H and O–H groups in total. The monoisotopic (exact) mass is 274 g/mol. The zero-order valence-electron chi connectivity index (χ0n) is 12.5. The van der Waals surface area contributed by atoms with Gasteiger partial charge >= 0.3 is 0 Å². The molecule has 1 heterocycles. The Hall–Kier alpha value is -1.51. The molecule has 1 amide bonds. The van der Waals surface area contributed by atoms with E-state index in [-0.39, 0.29) is 5.91 Å². The molecule has 1 aromatic carbocycles. The lowest BCUT2D eigenvalue weighted by atomic mass is 10.1. The fraction of sp³-hybridized carbons (Fsp3) is 0.588. The van der Waals surface area contributed by atoms with E-state index in [1.54, 1.807) is 0 Å². The minimum Gasteiger partial charge on any atom is -0.399 e. The average Bonchev–Trinajstić information content (AvgIpc) is 2.85. The van der Waals surface area contributed by atoms with Crippen molar-refractivity contribution in [2.45, 2.75) is 65.0 Å². The fourth-order valence-electron chi connectivity index (χ4n) is 2.81. The van der Waals surface area contributed by atoms with Crippen LogP contribution < -0.4 is 5.73 Å². The summed E-state index contributed by atoms with van der Waals surface area (Å²) in [6.07, 6.45) is 8.05. The van der Waals surface area contributed by atoms with Gasteiger partial charge in [-0.15, -0.1) is 0 Å². The van der Waals surface area contributed by atoms with Crippen LogP contribution in [0.3, 0.4) is 0 Å². The molecule has 0 saturated carbocycles. The Bertz CT molecular complexity index is 456. The predicted molar refractivity (Wildman–Crippen MR) is 83.1 cm³/mol. The number of nitrogen functional groups attached to an aromatic ring is 1. The number of fused-ring (bicyclic) bond motifs is 1. The first-order chi connectivity index (χ1) is 9.70. The molecule has 1 aliphatic rings. The van der Waals surface area contributed by atoms with Gasteiger partial charge in [-0.2, -0.15) is 0 Å². The quantitative estimate of drug-likeness (QED) is 0.606. The van der Waals surface area contributed by atoms with E-state index >= 15 is 0 Å². The number of hydrogen-bond acceptors (Lipinski definition) is 2. The van der Waals surface area contributed by atoms with Gasteiger partial charge in [0, 0.05) is 25.2 Å². The molecule has 0 fully saturated rings. The highest BCUT2D eigenvalue weighted by Gasteiger charge is 2.22. The lowest BCUT2D eigenvalue weighted by molar-refractivity contribution is -0.131. The van der Waals surface area contributed by atoms with Crippen LogP contribution in [0.15, 0.2) is 18.2 Å². The smallest absolute Gasteiger partial charge is 0.223 e. The maximum absolute atomic E-state index is 12.2. The average molecular weight is 274 g/mol. The first-order valence-electron chi connectivity index (χ1n) is 7.85. The molecular formula is C17H26N2O. The van der Waals surface area contributed by atoms with Crippen molar-refractivity contribution in [1.82, 2.24) is 4.90 Å². The Morgan fingerprint density at radius 2 is 1.80 bits per heavy atom. The topological polar surface area (TPSA) is 46.3 Å². The lowest BCUT2D eigenvalue weighted by Gasteiger charge is -2.15. The highest BCUT2D eigenvalue weighted by atomic mass is 16.2. The van der Waals surface area contributed by atoms with Crippen molar-refractivity contribution in [3.63, 3.8) is 0 Å². The van der Waals surface area contributed by atoms with Gasteiger partial charge in [0.2, 0.25) is 5.91 Å². The summed E-state index contributed by atoms with van der Waals surface area (Å²) in [5.74, 6) is 0.287. The van der Waals surface area contributed by atoms with E-state index in [1.807, 2.05) is 23.1 Å². The van der Waals surface area contributed by atoms with Crippen LogP contribution in [0.1, 0.15) is 63.0 Å². The van der Waals surface area contributed by atoms with Crippen LogP contribution in [0.25, 0.3) is 0 Å². The molecular weight excluding hydrogens is 248 g/mol. The molecule has 1 aromatic rings. The maximum Gasteiger partial charge on any atom is 0.223 e. The van der Waals surface area contributed by atoms with Crippen LogP contribution in [-0.4, -0.2) is 10.8 Å². The lowest BCUT2D eigenvalue weighted by Crippen LogP contribution is -2.24. The molecule has 0 bridgehead atoms. The second kappa shape index (κ2) is 7.32. The highest BCUT2D eigenvalue weighted by molar-refractivity contribution is 5.77. The van der Waals surface area contributed by atoms with Gasteiger partial charge in [0.05, 0.1) is 0 Å². The largest absolute Gasteiger partial charge is 0.399 e. The second-order valence-electron chi connectivity index (χ2n) is 5.80. The third-order valence-electron chi connectivity index (χ3n) is 4.05. The van der Waals surface area contributed by atoms with Crippen LogP contribution in [0.5, 0.6) is 0 Å². The van der Waals surface area contributed by atoms with Crippen molar-refractivity contribution < 1.29 is 4.79 Å². The van der Waals surface area contributed by atoms with Gasteiger partial charge in [0.15, 0.2) is 0 Å². The Balaban J connectivity index is 1.70. The van der Waals surface area contributed by atoms with Gasteiger partial charge in [0.25, 0.3) is 0 Å². The van der Waals surface area contributed by atoms with Crippen LogP contribution in [-0.2, 0) is 17.9 Å². The summed E-state index contributed by atoms with van der Waals surface area (Å²) < 4.78 is 0. The van der Waals surface area contributed by atoms with E-state index in [0.717, 1.165) is 25.2 Å². The van der Waals surface area contributed by atoms with Crippen molar-refractivity contribution in [2.24, 2.45) is 0 Å². The van der Waals surface area contributed by atoms with Gasteiger partial charge in [-0.3, -0.25) is 4.79 Å². The fourth-order valence-corrected chi connectivity index (χ4v) is 2.81. The summed E-state index contributed by atoms with van der Waals surface area (Å²) in [5.41, 5.74) is 9.03. The van der Waals surface area contributed by atoms with E-state index < -0.39 is 0 Å². The van der Waals surface area contributed by atoms with E-state index in [9.17, 15) is 4.79 Å². The van der Waals surface area contributed by atoms with Crippen LogP contribution in [0, 0.1) is 0 Å². The maximum atomic E-state index is 12.2. The number of anilines is 1. The molecule has 1 aliphatic heterocycles. The summed E-state index contributed by atoms with van der Waals surface area (Å²) in [5, 5.41) is 0. The Morgan fingerprint density at radius 3 is 2.60 bits per heavy atom. The number of nitrogens with two attached hydrogens (primary N) is 1. The summed E-state index contributed by atoms with van der Waals surface area (Å²) >= 11 is 0. The second-order valence-corrected chi connectivity index (χ2v) is 5.80. The first kappa shape index (κ1) is 14.9. The summed E-state index contributed by atoms with van der Waals surface area (Å²) in [7, 11) is 0. The zero-order chi connectivity index (χ0) is 14.4. The molecule has 0 saturated heterocycles. The van der Waals surface area contributed by atoms with Crippen LogP contribution in [0.2, 0.25) is 0 Å². The first-order valence-corrected chi connectivity index (χ1v) is 7.85. The molecule has 0 aromatic heterocycles. The van der Waals surface area contributed by atoms with Crippen molar-refractivity contribution in [2.75, 3.05) is 5.73 Å². The molecule has 0 atom stereocenters. The molecule has 0 unspecified atom stereocenters. The number of benzene rings is 1. The Kier molecular flexibility index (Phi) is 5.45. The Labute approximate surface area is 122 Å². The third kappa shape index (κ3) is 3.99. The van der Waals surface area contributed by atoms with Gasteiger partial charge in [-0.1, -0.05) is 45.1 Å². The standard InChI is InChI=1S/C17H26N2O/c1-2-3-4-5-6-7-8-17(20)19-12-14-9-10-16(18)11-15(14)13-19/h9-11H,2-8,12-13,18H2,1H3. The minimum atomic E-state index is 0.287. The number of amides is 1. The van der Waals surface area contributed by atoms with E-state index in [4.69, 9.17) is 5.73 Å². The zero-order valence-corrected chi connectivity index (χ0v) is 12.5. The number of unbranched alkanes of at least 4 members (excludes halogenated alkanes) is 5. The third-order valence-corrected chi connectivity index (χ3v) is 4.05. The van der Waals surface area contributed by atoms with E-state index in [2.05, 4.69) is 6.92 Å². The molecule has 3 nitrogen and oxygen atoms in total. The van der Waals surface area contributed by atoms with Crippen LogP contribution >= 0.6 is 0 Å². The minimum absolute atomic E-state index is 0.287. The Morgan fingerprint density at radius 1 is 1.10 bits per heavy atom. The summed E-state index contributed by atoms with van der Waals surface area (Å²) in [6, 6.07) is 5.95. The SMILES string of the molecule is CCCCCCCCC(=O)N1Cc2ccc(N)cc2C1. The van der Waals surface area contributed by atoms with Crippen molar-refractivity contribution in [3.8, 4) is 0 Å². The number of carbonyl (C=O) groups is 1. The molecule has 20 heavy (non-hydrogen) atoms. The number of hydrogen-bond donors (Lipinski definition) is 1. The van der Waals surface area contributed by atoms with Gasteiger partial charge in [-0.25, -0.2) is 0 Å². The molecule has 110 valence electrons. The van der Waals surface area contributed by atoms with Crippen molar-refractivity contribution in [1.29, 1.82) is 0 Å². The van der Waals surface area contributed by atoms with Gasteiger partial charge in [0.1, 0.15) is 0 Å².